The maximum Gasteiger partial charge on any atom is 0.187 e. The van der Waals surface area contributed by atoms with Crippen molar-refractivity contribution in [2.75, 3.05) is 13.2 Å². The van der Waals surface area contributed by atoms with E-state index in [0.717, 1.165) is 0 Å². The van der Waals surface area contributed by atoms with Crippen LogP contribution in [0.25, 0.3) is 0 Å². The molecule has 0 aliphatic carbocycles. The Kier molecular flexibility index (Phi) is 5.48. The molecular weight excluding hydrogens is 292 g/mol. The first-order chi connectivity index (χ1) is 9.90. The summed E-state index contributed by atoms with van der Waals surface area (Å²) in [6.45, 7) is -1.18. The SMILES string of the molecule is OC[C@H]1O[C@H](O[C@@H]2[C@H](O)C(O)O[C@@H]2CO)[C@H](O)[C@@H](O)[C@@H]1O. The fraction of sp³-hybridized carbons (Fsp3) is 1.00. The Morgan fingerprint density at radius 2 is 1.33 bits per heavy atom. The first-order valence-electron chi connectivity index (χ1n) is 6.49. The molecule has 10 heteroatoms. The molecular formula is C11H20O10. The van der Waals surface area contributed by atoms with Crippen molar-refractivity contribution >= 4 is 0 Å². The molecule has 0 amide bonds. The maximum atomic E-state index is 9.80. The summed E-state index contributed by atoms with van der Waals surface area (Å²) in [6, 6.07) is 0. The molecule has 0 aromatic carbocycles. The standard InChI is InChI=1S/C11H20O10/c12-1-3-5(14)6(15)7(16)11(20-3)21-9-4(2-13)19-10(18)8(9)17/h3-18H,1-2H2/t3-,4-,5-,6+,7-,8+,9+,10?,11-/m1/s1. The highest BCUT2D eigenvalue weighted by atomic mass is 16.7. The predicted octanol–water partition coefficient (Wildman–Crippen LogP) is -4.76. The zero-order valence-corrected chi connectivity index (χ0v) is 11.0. The number of aliphatic hydroxyl groups excluding tert-OH is 7. The monoisotopic (exact) mass is 312 g/mol. The molecule has 2 fully saturated rings. The average molecular weight is 312 g/mol. The first kappa shape index (κ1) is 17.0. The Hall–Kier alpha value is -0.400. The number of hydrogen-bond donors (Lipinski definition) is 7. The summed E-state index contributed by atoms with van der Waals surface area (Å²) in [5, 5.41) is 66.3. The molecule has 0 spiro atoms. The van der Waals surface area contributed by atoms with E-state index in [1.54, 1.807) is 0 Å². The molecule has 0 aromatic heterocycles. The molecule has 21 heavy (non-hydrogen) atoms. The van der Waals surface area contributed by atoms with Crippen molar-refractivity contribution in [1.29, 1.82) is 0 Å². The Morgan fingerprint density at radius 1 is 0.714 bits per heavy atom. The number of aliphatic hydroxyl groups is 7. The van der Waals surface area contributed by atoms with Gasteiger partial charge in [0.1, 0.15) is 42.7 Å². The van der Waals surface area contributed by atoms with Crippen LogP contribution in [0.3, 0.4) is 0 Å². The van der Waals surface area contributed by atoms with Crippen LogP contribution in [0.5, 0.6) is 0 Å². The summed E-state index contributed by atoms with van der Waals surface area (Å²) in [5.41, 5.74) is 0. The van der Waals surface area contributed by atoms with Crippen molar-refractivity contribution in [2.45, 2.75) is 55.3 Å². The third-order valence-corrected chi connectivity index (χ3v) is 3.63. The molecule has 1 unspecified atom stereocenters. The molecule has 2 saturated heterocycles. The average Bonchev–Trinajstić information content (AvgIpc) is 2.75. The summed E-state index contributed by atoms with van der Waals surface area (Å²) in [7, 11) is 0. The lowest BCUT2D eigenvalue weighted by Gasteiger charge is -2.41. The zero-order chi connectivity index (χ0) is 15.7. The number of rotatable bonds is 4. The van der Waals surface area contributed by atoms with Crippen molar-refractivity contribution < 1.29 is 50.0 Å². The quantitative estimate of drug-likeness (QED) is 0.267. The molecule has 0 radical (unpaired) electrons. The van der Waals surface area contributed by atoms with Crippen LogP contribution in [0.15, 0.2) is 0 Å². The Balaban J connectivity index is 2.07. The molecule has 0 bridgehead atoms. The molecule has 0 saturated carbocycles. The van der Waals surface area contributed by atoms with Crippen LogP contribution in [-0.2, 0) is 14.2 Å². The second kappa shape index (κ2) is 6.79. The Morgan fingerprint density at radius 3 is 1.90 bits per heavy atom. The molecule has 2 rings (SSSR count). The maximum absolute atomic E-state index is 9.80. The van der Waals surface area contributed by atoms with Crippen molar-refractivity contribution in [3.8, 4) is 0 Å². The summed E-state index contributed by atoms with van der Waals surface area (Å²) < 4.78 is 15.2. The minimum Gasteiger partial charge on any atom is -0.394 e. The van der Waals surface area contributed by atoms with Gasteiger partial charge in [0, 0.05) is 0 Å². The van der Waals surface area contributed by atoms with Gasteiger partial charge < -0.3 is 50.0 Å². The molecule has 9 atom stereocenters. The smallest absolute Gasteiger partial charge is 0.187 e. The van der Waals surface area contributed by atoms with E-state index in [-0.39, 0.29) is 0 Å². The first-order valence-corrected chi connectivity index (χ1v) is 6.49. The van der Waals surface area contributed by atoms with E-state index in [1.807, 2.05) is 0 Å². The van der Waals surface area contributed by atoms with Crippen molar-refractivity contribution in [2.24, 2.45) is 0 Å². The van der Waals surface area contributed by atoms with Gasteiger partial charge in [-0.2, -0.15) is 0 Å². The van der Waals surface area contributed by atoms with Crippen molar-refractivity contribution in [3.63, 3.8) is 0 Å². The van der Waals surface area contributed by atoms with Gasteiger partial charge in [0.15, 0.2) is 12.6 Å². The van der Waals surface area contributed by atoms with Gasteiger partial charge in [-0.1, -0.05) is 0 Å². The Bertz CT molecular complexity index is 339. The minimum atomic E-state index is -1.65. The third kappa shape index (κ3) is 3.19. The van der Waals surface area contributed by atoms with Gasteiger partial charge in [0.2, 0.25) is 0 Å². The topological polar surface area (TPSA) is 169 Å². The zero-order valence-electron chi connectivity index (χ0n) is 11.0. The summed E-state index contributed by atoms with van der Waals surface area (Å²) in [6.07, 6.45) is -12.8. The second-order valence-electron chi connectivity index (χ2n) is 5.04. The van der Waals surface area contributed by atoms with Gasteiger partial charge in [-0.3, -0.25) is 0 Å². The van der Waals surface area contributed by atoms with Gasteiger partial charge in [0.25, 0.3) is 0 Å². The van der Waals surface area contributed by atoms with E-state index in [9.17, 15) is 25.5 Å². The van der Waals surface area contributed by atoms with E-state index in [4.69, 9.17) is 24.4 Å². The molecule has 0 aromatic rings. The normalized spacial score (nSPS) is 51.3. The van der Waals surface area contributed by atoms with Crippen LogP contribution < -0.4 is 0 Å². The van der Waals surface area contributed by atoms with E-state index < -0.39 is 68.5 Å². The highest BCUT2D eigenvalue weighted by molar-refractivity contribution is 4.92. The van der Waals surface area contributed by atoms with E-state index in [0.29, 0.717) is 0 Å². The summed E-state index contributed by atoms with van der Waals surface area (Å²) >= 11 is 0. The lowest BCUT2D eigenvalue weighted by molar-refractivity contribution is -0.318. The van der Waals surface area contributed by atoms with Gasteiger partial charge in [-0.05, 0) is 0 Å². The van der Waals surface area contributed by atoms with Crippen LogP contribution >= 0.6 is 0 Å². The minimum absolute atomic E-state index is 0.559. The number of ether oxygens (including phenoxy) is 3. The van der Waals surface area contributed by atoms with Crippen molar-refractivity contribution in [1.82, 2.24) is 0 Å². The highest BCUT2D eigenvalue weighted by Gasteiger charge is 2.49. The van der Waals surface area contributed by atoms with Crippen LogP contribution in [0.4, 0.5) is 0 Å². The van der Waals surface area contributed by atoms with Crippen LogP contribution in [0.1, 0.15) is 0 Å². The van der Waals surface area contributed by atoms with E-state index in [2.05, 4.69) is 0 Å². The van der Waals surface area contributed by atoms with Crippen LogP contribution in [-0.4, -0.2) is 104 Å². The van der Waals surface area contributed by atoms with E-state index in [1.165, 1.54) is 0 Å². The molecule has 2 aliphatic rings. The Labute approximate surface area is 119 Å². The molecule has 7 N–H and O–H groups in total. The van der Waals surface area contributed by atoms with E-state index >= 15 is 0 Å². The summed E-state index contributed by atoms with van der Waals surface area (Å²) in [5.74, 6) is 0. The molecule has 10 nitrogen and oxygen atoms in total. The predicted molar refractivity (Wildman–Crippen MR) is 62.6 cm³/mol. The van der Waals surface area contributed by atoms with Crippen LogP contribution in [0.2, 0.25) is 0 Å². The van der Waals surface area contributed by atoms with Gasteiger partial charge in [-0.15, -0.1) is 0 Å². The molecule has 2 aliphatic heterocycles. The number of hydrogen-bond acceptors (Lipinski definition) is 10. The lowest BCUT2D eigenvalue weighted by Crippen LogP contribution is -2.60. The fourth-order valence-electron chi connectivity index (χ4n) is 2.37. The molecule has 2 heterocycles. The largest absolute Gasteiger partial charge is 0.394 e. The highest BCUT2D eigenvalue weighted by Crippen LogP contribution is 2.28. The third-order valence-electron chi connectivity index (χ3n) is 3.63. The van der Waals surface area contributed by atoms with Crippen LogP contribution in [0, 0.1) is 0 Å². The van der Waals surface area contributed by atoms with Gasteiger partial charge in [0.05, 0.1) is 13.2 Å². The fourth-order valence-corrected chi connectivity index (χ4v) is 2.37. The summed E-state index contributed by atoms with van der Waals surface area (Å²) in [4.78, 5) is 0. The molecule has 124 valence electrons. The van der Waals surface area contributed by atoms with Gasteiger partial charge >= 0.3 is 0 Å². The van der Waals surface area contributed by atoms with Gasteiger partial charge in [-0.25, -0.2) is 0 Å². The second-order valence-corrected chi connectivity index (χ2v) is 5.04. The lowest BCUT2D eigenvalue weighted by atomic mass is 9.99. The van der Waals surface area contributed by atoms with Crippen molar-refractivity contribution in [3.05, 3.63) is 0 Å².